The third kappa shape index (κ3) is 2.52. The van der Waals surface area contributed by atoms with Crippen LogP contribution >= 0.6 is 0 Å². The number of nitriles is 1. The lowest BCUT2D eigenvalue weighted by atomic mass is 10.2. The van der Waals surface area contributed by atoms with E-state index in [1.54, 1.807) is 36.4 Å². The molecule has 0 saturated carbocycles. The second kappa shape index (κ2) is 4.99. The van der Waals surface area contributed by atoms with Crippen LogP contribution in [0.15, 0.2) is 47.1 Å². The van der Waals surface area contributed by atoms with Gasteiger partial charge in [0, 0.05) is 0 Å². The van der Waals surface area contributed by atoms with E-state index < -0.39 is 0 Å². The first-order chi connectivity index (χ1) is 8.31. The minimum atomic E-state index is -0.261. The van der Waals surface area contributed by atoms with Crippen LogP contribution < -0.4 is 4.74 Å². The Labute approximate surface area is 98.0 Å². The number of ether oxygens (including phenoxy) is 1. The number of ketones is 1. The van der Waals surface area contributed by atoms with Gasteiger partial charge < -0.3 is 9.15 Å². The van der Waals surface area contributed by atoms with Crippen LogP contribution in [0.4, 0.5) is 0 Å². The normalized spacial score (nSPS) is 9.59. The van der Waals surface area contributed by atoms with Crippen molar-refractivity contribution >= 4 is 5.78 Å². The highest BCUT2D eigenvalue weighted by Gasteiger charge is 2.10. The molecule has 0 fully saturated rings. The molecule has 0 bridgehead atoms. The third-order valence-corrected chi connectivity index (χ3v) is 2.16. The number of hydrogen-bond donors (Lipinski definition) is 0. The Morgan fingerprint density at radius 3 is 2.82 bits per heavy atom. The third-order valence-electron chi connectivity index (χ3n) is 2.16. The van der Waals surface area contributed by atoms with Crippen LogP contribution in [0, 0.1) is 11.3 Å². The molecule has 0 unspecified atom stereocenters. The smallest absolute Gasteiger partial charge is 0.235 e. The van der Waals surface area contributed by atoms with Crippen molar-refractivity contribution in [1.29, 1.82) is 5.26 Å². The second-order valence-electron chi connectivity index (χ2n) is 3.30. The van der Waals surface area contributed by atoms with Gasteiger partial charge in [-0.1, -0.05) is 12.1 Å². The van der Waals surface area contributed by atoms with E-state index in [-0.39, 0.29) is 18.2 Å². The number of hydrogen-bond acceptors (Lipinski definition) is 4. The molecule has 1 aromatic carbocycles. The first-order valence-corrected chi connectivity index (χ1v) is 5.00. The number of nitrogens with zero attached hydrogens (tertiary/aromatic N) is 1. The summed E-state index contributed by atoms with van der Waals surface area (Å²) in [6.45, 7) is -0.147. The lowest BCUT2D eigenvalue weighted by molar-refractivity contribution is 0.0893. The van der Waals surface area contributed by atoms with Crippen LogP contribution in [0.2, 0.25) is 0 Å². The van der Waals surface area contributed by atoms with Gasteiger partial charge in [-0.25, -0.2) is 0 Å². The van der Waals surface area contributed by atoms with Gasteiger partial charge in [-0.3, -0.25) is 4.79 Å². The molecule has 0 saturated heterocycles. The maximum absolute atomic E-state index is 11.6. The van der Waals surface area contributed by atoms with Crippen molar-refractivity contribution in [1.82, 2.24) is 0 Å². The molecule has 17 heavy (non-hydrogen) atoms. The van der Waals surface area contributed by atoms with Crippen LogP contribution in [-0.2, 0) is 0 Å². The fourth-order valence-electron chi connectivity index (χ4n) is 1.34. The summed E-state index contributed by atoms with van der Waals surface area (Å²) in [5.41, 5.74) is 0.403. The molecular formula is C13H9NO3. The summed E-state index contributed by atoms with van der Waals surface area (Å²) < 4.78 is 10.2. The first-order valence-electron chi connectivity index (χ1n) is 5.00. The summed E-state index contributed by atoms with van der Waals surface area (Å²) in [6, 6.07) is 12.0. The van der Waals surface area contributed by atoms with Gasteiger partial charge in [0.1, 0.15) is 11.8 Å². The maximum atomic E-state index is 11.6. The molecule has 0 radical (unpaired) electrons. The van der Waals surface area contributed by atoms with E-state index >= 15 is 0 Å². The van der Waals surface area contributed by atoms with E-state index in [0.29, 0.717) is 11.3 Å². The van der Waals surface area contributed by atoms with Gasteiger partial charge in [-0.15, -0.1) is 0 Å². The van der Waals surface area contributed by atoms with Gasteiger partial charge in [0.15, 0.2) is 12.4 Å². The number of furan rings is 1. The average Bonchev–Trinajstić information content (AvgIpc) is 2.90. The lowest BCUT2D eigenvalue weighted by Crippen LogP contribution is -2.11. The summed E-state index contributed by atoms with van der Waals surface area (Å²) >= 11 is 0. The first kappa shape index (κ1) is 11.0. The van der Waals surface area contributed by atoms with Crippen LogP contribution in [0.3, 0.4) is 0 Å². The van der Waals surface area contributed by atoms with Gasteiger partial charge in [-0.2, -0.15) is 5.26 Å². The number of benzene rings is 1. The van der Waals surface area contributed by atoms with Gasteiger partial charge in [-0.05, 0) is 24.3 Å². The Morgan fingerprint density at radius 1 is 1.29 bits per heavy atom. The molecule has 0 aliphatic carbocycles. The number of Topliss-reactive ketones (excluding diaryl/α,β-unsaturated/α-hetero) is 1. The standard InChI is InChI=1S/C13H9NO3/c14-8-10-4-1-2-5-12(10)17-9-11(15)13-6-3-7-16-13/h1-7H,9H2. The van der Waals surface area contributed by atoms with Crippen molar-refractivity contribution in [2.45, 2.75) is 0 Å². The van der Waals surface area contributed by atoms with E-state index in [2.05, 4.69) is 0 Å². The van der Waals surface area contributed by atoms with Crippen molar-refractivity contribution in [3.63, 3.8) is 0 Å². The summed E-state index contributed by atoms with van der Waals surface area (Å²) in [7, 11) is 0. The predicted molar refractivity (Wildman–Crippen MR) is 59.7 cm³/mol. The predicted octanol–water partition coefficient (Wildman–Crippen LogP) is 2.41. The zero-order chi connectivity index (χ0) is 12.1. The van der Waals surface area contributed by atoms with E-state index in [0.717, 1.165) is 0 Å². The highest BCUT2D eigenvalue weighted by molar-refractivity contribution is 5.94. The molecular weight excluding hydrogens is 218 g/mol. The highest BCUT2D eigenvalue weighted by atomic mass is 16.5. The molecule has 0 atom stereocenters. The molecule has 4 heteroatoms. The van der Waals surface area contributed by atoms with E-state index in [1.807, 2.05) is 6.07 Å². The second-order valence-corrected chi connectivity index (χ2v) is 3.30. The van der Waals surface area contributed by atoms with Crippen LogP contribution in [-0.4, -0.2) is 12.4 Å². The fourth-order valence-corrected chi connectivity index (χ4v) is 1.34. The molecule has 0 aliphatic heterocycles. The van der Waals surface area contributed by atoms with Gasteiger partial charge in [0.25, 0.3) is 0 Å². The minimum Gasteiger partial charge on any atom is -0.484 e. The number of para-hydroxylation sites is 1. The molecule has 1 aromatic heterocycles. The fraction of sp³-hybridized carbons (Fsp3) is 0.0769. The number of rotatable bonds is 4. The molecule has 0 aliphatic rings. The average molecular weight is 227 g/mol. The molecule has 2 aromatic rings. The Kier molecular flexibility index (Phi) is 3.22. The zero-order valence-corrected chi connectivity index (χ0v) is 8.92. The molecule has 1 heterocycles. The van der Waals surface area contributed by atoms with E-state index in [9.17, 15) is 4.79 Å². The monoisotopic (exact) mass is 227 g/mol. The molecule has 4 nitrogen and oxygen atoms in total. The molecule has 0 amide bonds. The largest absolute Gasteiger partial charge is 0.484 e. The minimum absolute atomic E-state index is 0.147. The van der Waals surface area contributed by atoms with E-state index in [1.165, 1.54) is 6.26 Å². The summed E-state index contributed by atoms with van der Waals surface area (Å²) in [5, 5.41) is 8.83. The van der Waals surface area contributed by atoms with Crippen molar-refractivity contribution in [3.05, 3.63) is 54.0 Å². The molecule has 0 N–H and O–H groups in total. The molecule has 0 spiro atoms. The molecule has 84 valence electrons. The van der Waals surface area contributed by atoms with Crippen molar-refractivity contribution in [2.75, 3.05) is 6.61 Å². The Bertz CT molecular complexity index is 552. The summed E-state index contributed by atoms with van der Waals surface area (Å²) in [6.07, 6.45) is 1.43. The highest BCUT2D eigenvalue weighted by Crippen LogP contribution is 2.16. The van der Waals surface area contributed by atoms with E-state index in [4.69, 9.17) is 14.4 Å². The van der Waals surface area contributed by atoms with Crippen molar-refractivity contribution < 1.29 is 13.9 Å². The van der Waals surface area contributed by atoms with Crippen LogP contribution in [0.1, 0.15) is 16.1 Å². The van der Waals surface area contributed by atoms with Crippen LogP contribution in [0.5, 0.6) is 5.75 Å². The molecule has 2 rings (SSSR count). The van der Waals surface area contributed by atoms with Gasteiger partial charge >= 0.3 is 0 Å². The SMILES string of the molecule is N#Cc1ccccc1OCC(=O)c1ccco1. The maximum Gasteiger partial charge on any atom is 0.235 e. The van der Waals surface area contributed by atoms with Crippen molar-refractivity contribution in [3.8, 4) is 11.8 Å². The summed E-state index contributed by atoms with van der Waals surface area (Å²) in [5.74, 6) is 0.386. The number of carbonyl (C=O) groups excluding carboxylic acids is 1. The Balaban J connectivity index is 2.04. The Hall–Kier alpha value is -2.54. The van der Waals surface area contributed by atoms with Crippen LogP contribution in [0.25, 0.3) is 0 Å². The lowest BCUT2D eigenvalue weighted by Gasteiger charge is -2.05. The number of carbonyl (C=O) groups is 1. The zero-order valence-electron chi connectivity index (χ0n) is 8.92. The summed E-state index contributed by atoms with van der Waals surface area (Å²) in [4.78, 5) is 11.6. The Morgan fingerprint density at radius 2 is 2.12 bits per heavy atom. The van der Waals surface area contributed by atoms with Crippen molar-refractivity contribution in [2.24, 2.45) is 0 Å². The topological polar surface area (TPSA) is 63.2 Å². The van der Waals surface area contributed by atoms with Gasteiger partial charge in [0.2, 0.25) is 5.78 Å². The van der Waals surface area contributed by atoms with Gasteiger partial charge in [0.05, 0.1) is 11.8 Å². The quantitative estimate of drug-likeness (QED) is 0.752.